The number of methoxy groups -OCH3 is 1. The van der Waals surface area contributed by atoms with Crippen molar-refractivity contribution in [1.82, 2.24) is 0 Å². The molecule has 1 unspecified atom stereocenters. The van der Waals surface area contributed by atoms with Gasteiger partial charge in [0.2, 0.25) is 0 Å². The third kappa shape index (κ3) is 3.67. The fourth-order valence-electron chi connectivity index (χ4n) is 1.68. The van der Waals surface area contributed by atoms with Crippen molar-refractivity contribution in [3.8, 4) is 11.5 Å². The van der Waals surface area contributed by atoms with Gasteiger partial charge < -0.3 is 25.3 Å². The molecule has 1 aliphatic heterocycles. The van der Waals surface area contributed by atoms with Gasteiger partial charge in [-0.2, -0.15) is 0 Å². The van der Waals surface area contributed by atoms with Gasteiger partial charge in [0, 0.05) is 25.8 Å². The van der Waals surface area contributed by atoms with Crippen LogP contribution in [0.1, 0.15) is 0 Å². The summed E-state index contributed by atoms with van der Waals surface area (Å²) in [6, 6.07) is 3.23. The van der Waals surface area contributed by atoms with Crippen molar-refractivity contribution in [2.45, 2.75) is 6.10 Å². The molecule has 1 aromatic carbocycles. The average Bonchev–Trinajstić information content (AvgIpc) is 2.41. The number of rotatable bonds is 4. The van der Waals surface area contributed by atoms with E-state index in [-0.39, 0.29) is 24.9 Å². The molecule has 8 heteroatoms. The molecule has 0 spiro atoms. The van der Waals surface area contributed by atoms with Crippen molar-refractivity contribution in [2.75, 3.05) is 32.2 Å². The lowest BCUT2D eigenvalue weighted by atomic mass is 10.2. The molecule has 3 N–H and O–H groups in total. The summed E-state index contributed by atoms with van der Waals surface area (Å²) in [6.45, 7) is 1.03. The maximum atomic E-state index is 11.8. The smallest absolute Gasteiger partial charge is 0.254 e. The number of halogens is 2. The SMILES string of the molecule is COC(CN)C(=O)Nc1cc2c(cc1Cl)OCCO2.Cl. The van der Waals surface area contributed by atoms with E-state index in [4.69, 9.17) is 31.5 Å². The molecule has 0 saturated carbocycles. The molecule has 1 aliphatic rings. The van der Waals surface area contributed by atoms with Gasteiger partial charge in [-0.1, -0.05) is 11.6 Å². The summed E-state index contributed by atoms with van der Waals surface area (Å²) in [5.74, 6) is 0.757. The van der Waals surface area contributed by atoms with Crippen molar-refractivity contribution < 1.29 is 19.0 Å². The molecule has 1 atom stereocenters. The lowest BCUT2D eigenvalue weighted by molar-refractivity contribution is -0.125. The van der Waals surface area contributed by atoms with Crippen LogP contribution in [-0.4, -0.2) is 38.9 Å². The first-order chi connectivity index (χ1) is 9.15. The van der Waals surface area contributed by atoms with E-state index in [0.29, 0.717) is 35.4 Å². The fourth-order valence-corrected chi connectivity index (χ4v) is 1.88. The first-order valence-corrected chi connectivity index (χ1v) is 6.16. The zero-order valence-corrected chi connectivity index (χ0v) is 12.4. The molecule has 1 aromatic rings. The molecule has 1 amide bonds. The zero-order chi connectivity index (χ0) is 13.8. The lowest BCUT2D eigenvalue weighted by Gasteiger charge is -2.20. The summed E-state index contributed by atoms with van der Waals surface area (Å²) in [4.78, 5) is 11.8. The predicted octanol–water partition coefficient (Wildman–Crippen LogP) is 1.45. The van der Waals surface area contributed by atoms with Crippen LogP contribution in [0.5, 0.6) is 11.5 Å². The Kier molecular flexibility index (Phi) is 6.35. The Balaban J connectivity index is 0.00000200. The second kappa shape index (κ2) is 7.54. The molecule has 0 fully saturated rings. The lowest BCUT2D eigenvalue weighted by Crippen LogP contribution is -2.36. The average molecular weight is 323 g/mol. The Hall–Kier alpha value is -1.21. The van der Waals surface area contributed by atoms with Gasteiger partial charge in [-0.05, 0) is 0 Å². The maximum Gasteiger partial charge on any atom is 0.254 e. The number of fused-ring (bicyclic) bond motifs is 1. The van der Waals surface area contributed by atoms with Gasteiger partial charge in [0.1, 0.15) is 19.3 Å². The summed E-state index contributed by atoms with van der Waals surface area (Å²) in [5.41, 5.74) is 5.86. The Morgan fingerprint density at radius 3 is 2.60 bits per heavy atom. The number of nitrogens with one attached hydrogen (secondary N) is 1. The third-order valence-corrected chi connectivity index (χ3v) is 2.99. The van der Waals surface area contributed by atoms with Crippen LogP contribution < -0.4 is 20.5 Å². The van der Waals surface area contributed by atoms with Gasteiger partial charge in [-0.15, -0.1) is 12.4 Å². The summed E-state index contributed by atoms with van der Waals surface area (Å²) in [5, 5.41) is 3.02. The Labute approximate surface area is 127 Å². The number of carbonyl (C=O) groups is 1. The molecule has 0 bridgehead atoms. The minimum absolute atomic E-state index is 0. The van der Waals surface area contributed by atoms with E-state index in [2.05, 4.69) is 5.32 Å². The molecule has 112 valence electrons. The monoisotopic (exact) mass is 322 g/mol. The fraction of sp³-hybridized carbons (Fsp3) is 0.417. The normalized spacial score (nSPS) is 14.2. The summed E-state index contributed by atoms with van der Waals surface area (Å²) >= 11 is 6.07. The molecule has 0 aromatic heterocycles. The molecule has 2 rings (SSSR count). The third-order valence-electron chi connectivity index (χ3n) is 2.68. The highest BCUT2D eigenvalue weighted by molar-refractivity contribution is 6.34. The second-order valence-electron chi connectivity index (χ2n) is 3.93. The van der Waals surface area contributed by atoms with E-state index >= 15 is 0 Å². The van der Waals surface area contributed by atoms with Crippen LogP contribution in [0.2, 0.25) is 5.02 Å². The number of benzene rings is 1. The van der Waals surface area contributed by atoms with Gasteiger partial charge in [0.15, 0.2) is 11.5 Å². The number of hydrogen-bond acceptors (Lipinski definition) is 5. The number of carbonyl (C=O) groups excluding carboxylic acids is 1. The molecule has 20 heavy (non-hydrogen) atoms. The van der Waals surface area contributed by atoms with Crippen LogP contribution in [0.3, 0.4) is 0 Å². The molecule has 0 radical (unpaired) electrons. The van der Waals surface area contributed by atoms with Crippen molar-refractivity contribution in [2.24, 2.45) is 5.73 Å². The van der Waals surface area contributed by atoms with E-state index in [9.17, 15) is 4.79 Å². The van der Waals surface area contributed by atoms with E-state index in [1.807, 2.05) is 0 Å². The van der Waals surface area contributed by atoms with Crippen LogP contribution in [0.15, 0.2) is 12.1 Å². The zero-order valence-electron chi connectivity index (χ0n) is 10.8. The topological polar surface area (TPSA) is 82.8 Å². The van der Waals surface area contributed by atoms with Crippen molar-refractivity contribution in [1.29, 1.82) is 0 Å². The number of hydrogen-bond donors (Lipinski definition) is 2. The van der Waals surface area contributed by atoms with Crippen molar-refractivity contribution >= 4 is 35.6 Å². The quantitative estimate of drug-likeness (QED) is 0.876. The van der Waals surface area contributed by atoms with Gasteiger partial charge in [0.25, 0.3) is 5.91 Å². The molecule has 0 aliphatic carbocycles. The van der Waals surface area contributed by atoms with E-state index in [1.54, 1.807) is 12.1 Å². The minimum atomic E-state index is -0.718. The standard InChI is InChI=1S/C12H15ClN2O4.ClH/c1-17-11(6-14)12(16)15-8-5-10-9(4-7(8)13)18-2-3-19-10;/h4-5,11H,2-3,6,14H2,1H3,(H,15,16);1H. The molecule has 1 heterocycles. The van der Waals surface area contributed by atoms with Crippen LogP contribution >= 0.6 is 24.0 Å². The van der Waals surface area contributed by atoms with Crippen LogP contribution in [0.4, 0.5) is 5.69 Å². The highest BCUT2D eigenvalue weighted by atomic mass is 35.5. The van der Waals surface area contributed by atoms with Gasteiger partial charge in [0.05, 0.1) is 10.7 Å². The highest BCUT2D eigenvalue weighted by Gasteiger charge is 2.20. The van der Waals surface area contributed by atoms with Gasteiger partial charge in [-0.25, -0.2) is 0 Å². The largest absolute Gasteiger partial charge is 0.486 e. The van der Waals surface area contributed by atoms with E-state index in [0.717, 1.165) is 0 Å². The first kappa shape index (κ1) is 16.8. The molecular weight excluding hydrogens is 307 g/mol. The summed E-state index contributed by atoms with van der Waals surface area (Å²) < 4.78 is 15.8. The Morgan fingerprint density at radius 2 is 2.05 bits per heavy atom. The number of ether oxygens (including phenoxy) is 3. The van der Waals surface area contributed by atoms with Gasteiger partial charge >= 0.3 is 0 Å². The van der Waals surface area contributed by atoms with Gasteiger partial charge in [-0.3, -0.25) is 4.79 Å². The second-order valence-corrected chi connectivity index (χ2v) is 4.33. The Bertz CT molecular complexity index is 481. The number of amides is 1. The van der Waals surface area contributed by atoms with E-state index in [1.165, 1.54) is 7.11 Å². The van der Waals surface area contributed by atoms with Crippen molar-refractivity contribution in [3.63, 3.8) is 0 Å². The Morgan fingerprint density at radius 1 is 1.45 bits per heavy atom. The van der Waals surface area contributed by atoms with E-state index < -0.39 is 6.10 Å². The molecule has 6 nitrogen and oxygen atoms in total. The predicted molar refractivity (Wildman–Crippen MR) is 78.2 cm³/mol. The van der Waals surface area contributed by atoms with Crippen LogP contribution in [0, 0.1) is 0 Å². The highest BCUT2D eigenvalue weighted by Crippen LogP contribution is 2.37. The molecule has 0 saturated heterocycles. The molecular formula is C12H16Cl2N2O4. The van der Waals surface area contributed by atoms with Crippen LogP contribution in [0.25, 0.3) is 0 Å². The summed E-state index contributed by atoms with van der Waals surface area (Å²) in [7, 11) is 1.42. The minimum Gasteiger partial charge on any atom is -0.486 e. The van der Waals surface area contributed by atoms with Crippen LogP contribution in [-0.2, 0) is 9.53 Å². The number of nitrogens with two attached hydrogens (primary N) is 1. The first-order valence-electron chi connectivity index (χ1n) is 5.78. The van der Waals surface area contributed by atoms with Crippen molar-refractivity contribution in [3.05, 3.63) is 17.2 Å². The maximum absolute atomic E-state index is 11.8. The summed E-state index contributed by atoms with van der Waals surface area (Å²) in [6.07, 6.45) is -0.718. The number of anilines is 1.